The first-order valence-electron chi connectivity index (χ1n) is 10.6. The first-order chi connectivity index (χ1) is 16.9. The van der Waals surface area contributed by atoms with Crippen LogP contribution in [0.3, 0.4) is 0 Å². The maximum Gasteiger partial charge on any atom is 0.267 e. The van der Waals surface area contributed by atoms with E-state index in [1.54, 1.807) is 32.2 Å². The van der Waals surface area contributed by atoms with Gasteiger partial charge in [0.05, 0.1) is 32.5 Å². The Morgan fingerprint density at radius 3 is 2.49 bits per heavy atom. The third-order valence-electron chi connectivity index (χ3n) is 4.66. The van der Waals surface area contributed by atoms with Crippen LogP contribution in [0.5, 0.6) is 23.0 Å². The molecule has 0 saturated heterocycles. The second kappa shape index (κ2) is 12.3. The molecule has 182 valence electrons. The first kappa shape index (κ1) is 25.5. The van der Waals surface area contributed by atoms with Crippen LogP contribution in [0.1, 0.15) is 17.7 Å². The largest absolute Gasteiger partial charge is 0.493 e. The topological polar surface area (TPSA) is 116 Å². The first-order valence-corrected chi connectivity index (χ1v) is 11.0. The van der Waals surface area contributed by atoms with Gasteiger partial charge in [-0.2, -0.15) is 5.26 Å². The van der Waals surface area contributed by atoms with E-state index in [1.165, 1.54) is 13.2 Å². The maximum atomic E-state index is 12.4. The molecule has 3 rings (SSSR count). The van der Waals surface area contributed by atoms with Gasteiger partial charge in [-0.3, -0.25) is 4.79 Å². The lowest BCUT2D eigenvalue weighted by molar-refractivity contribution is -0.112. The Labute approximate surface area is 207 Å². The van der Waals surface area contributed by atoms with Gasteiger partial charge in [-0.1, -0.05) is 28.9 Å². The highest BCUT2D eigenvalue weighted by Crippen LogP contribution is 2.37. The number of nitrogens with zero attached hydrogens (tertiary/aromatic N) is 2. The van der Waals surface area contributed by atoms with Gasteiger partial charge in [-0.15, -0.1) is 0 Å². The van der Waals surface area contributed by atoms with E-state index < -0.39 is 5.91 Å². The highest BCUT2D eigenvalue weighted by atomic mass is 35.5. The van der Waals surface area contributed by atoms with Crippen molar-refractivity contribution in [1.29, 1.82) is 5.26 Å². The summed E-state index contributed by atoms with van der Waals surface area (Å²) in [6.07, 6.45) is 1.97. The van der Waals surface area contributed by atoms with Crippen LogP contribution < -0.4 is 24.3 Å². The molecule has 0 spiro atoms. The Hall–Kier alpha value is -4.16. The number of aromatic nitrogens is 1. The van der Waals surface area contributed by atoms with Crippen molar-refractivity contribution in [3.8, 4) is 29.1 Å². The SMILES string of the molecule is COc1ccccc1OCCCOc1c(Cl)cc(C=C(C#N)C(=O)Nc2cc(C)on2)cc1OC. The summed E-state index contributed by atoms with van der Waals surface area (Å²) < 4.78 is 27.1. The van der Waals surface area contributed by atoms with E-state index in [2.05, 4.69) is 10.5 Å². The summed E-state index contributed by atoms with van der Waals surface area (Å²) in [4.78, 5) is 12.4. The van der Waals surface area contributed by atoms with Crippen molar-refractivity contribution in [2.24, 2.45) is 0 Å². The molecule has 2 aromatic carbocycles. The molecule has 1 aromatic heterocycles. The second-order valence-corrected chi connectivity index (χ2v) is 7.59. The minimum absolute atomic E-state index is 0.147. The Morgan fingerprint density at radius 1 is 1.11 bits per heavy atom. The van der Waals surface area contributed by atoms with E-state index in [1.807, 2.05) is 30.3 Å². The average Bonchev–Trinajstić information content (AvgIpc) is 3.27. The third-order valence-corrected chi connectivity index (χ3v) is 4.94. The fraction of sp³-hybridized carbons (Fsp3) is 0.240. The Balaban J connectivity index is 1.63. The molecule has 0 aliphatic rings. The summed E-state index contributed by atoms with van der Waals surface area (Å²) in [5.74, 6) is 2.13. The molecule has 1 N–H and O–H groups in total. The lowest BCUT2D eigenvalue weighted by Gasteiger charge is -2.14. The van der Waals surface area contributed by atoms with Crippen molar-refractivity contribution >= 4 is 29.4 Å². The van der Waals surface area contributed by atoms with Crippen molar-refractivity contribution in [2.45, 2.75) is 13.3 Å². The molecule has 35 heavy (non-hydrogen) atoms. The predicted molar refractivity (Wildman–Crippen MR) is 130 cm³/mol. The van der Waals surface area contributed by atoms with Crippen LogP contribution in [-0.2, 0) is 4.79 Å². The van der Waals surface area contributed by atoms with Crippen LogP contribution >= 0.6 is 11.6 Å². The molecule has 0 aliphatic heterocycles. The van der Waals surface area contributed by atoms with Crippen LogP contribution in [0.4, 0.5) is 5.82 Å². The molecule has 9 nitrogen and oxygen atoms in total. The lowest BCUT2D eigenvalue weighted by atomic mass is 10.1. The number of para-hydroxylation sites is 2. The predicted octanol–water partition coefficient (Wildman–Crippen LogP) is 5.05. The number of aryl methyl sites for hydroxylation is 1. The molecule has 3 aromatic rings. The molecule has 10 heteroatoms. The monoisotopic (exact) mass is 497 g/mol. The zero-order valence-corrected chi connectivity index (χ0v) is 20.2. The average molecular weight is 498 g/mol. The minimum atomic E-state index is -0.633. The van der Waals surface area contributed by atoms with Crippen LogP contribution in [0.25, 0.3) is 6.08 Å². The summed E-state index contributed by atoms with van der Waals surface area (Å²) in [7, 11) is 3.06. The highest BCUT2D eigenvalue weighted by Gasteiger charge is 2.15. The summed E-state index contributed by atoms with van der Waals surface area (Å²) in [5.41, 5.74) is 0.340. The van der Waals surface area contributed by atoms with Gasteiger partial charge in [0, 0.05) is 12.5 Å². The van der Waals surface area contributed by atoms with E-state index in [-0.39, 0.29) is 16.4 Å². The Morgan fingerprint density at radius 2 is 1.83 bits per heavy atom. The number of nitrogens with one attached hydrogen (secondary N) is 1. The molecule has 0 atom stereocenters. The van der Waals surface area contributed by atoms with E-state index in [4.69, 9.17) is 35.1 Å². The Kier molecular flexibility index (Phi) is 8.98. The van der Waals surface area contributed by atoms with Gasteiger partial charge in [0.15, 0.2) is 28.8 Å². The van der Waals surface area contributed by atoms with Crippen LogP contribution in [-0.4, -0.2) is 38.5 Å². The molecule has 0 bridgehead atoms. The van der Waals surface area contributed by atoms with Gasteiger partial charge < -0.3 is 28.8 Å². The fourth-order valence-corrected chi connectivity index (χ4v) is 3.31. The summed E-state index contributed by atoms with van der Waals surface area (Å²) in [6.45, 7) is 2.42. The molecule has 1 heterocycles. The molecule has 0 unspecified atom stereocenters. The number of anilines is 1. The second-order valence-electron chi connectivity index (χ2n) is 7.18. The standard InChI is InChI=1S/C25H24ClN3O6/c1-16-11-23(29-35-16)28-25(30)18(15-27)12-17-13-19(26)24(22(14-17)32-3)34-10-6-9-33-21-8-5-4-7-20(21)31-2/h4-5,7-8,11-14H,6,9-10H2,1-3H3,(H,28,29,30). The Bertz CT molecular complexity index is 1250. The number of carbonyl (C=O) groups excluding carboxylic acids is 1. The van der Waals surface area contributed by atoms with Crippen molar-refractivity contribution < 1.29 is 28.3 Å². The summed E-state index contributed by atoms with van der Waals surface area (Å²) in [5, 5.41) is 15.9. The van der Waals surface area contributed by atoms with Gasteiger partial charge in [0.2, 0.25) is 0 Å². The number of methoxy groups -OCH3 is 2. The number of halogens is 1. The summed E-state index contributed by atoms with van der Waals surface area (Å²) in [6, 6.07) is 14.0. The van der Waals surface area contributed by atoms with Gasteiger partial charge in [0.1, 0.15) is 17.4 Å². The number of benzene rings is 2. The zero-order chi connectivity index (χ0) is 25.2. The normalized spacial score (nSPS) is 10.9. The number of hydrogen-bond acceptors (Lipinski definition) is 8. The van der Waals surface area contributed by atoms with E-state index >= 15 is 0 Å². The van der Waals surface area contributed by atoms with E-state index in [0.29, 0.717) is 54.0 Å². The molecular formula is C25H24ClN3O6. The van der Waals surface area contributed by atoms with Crippen molar-refractivity contribution in [3.05, 3.63) is 64.4 Å². The number of nitriles is 1. The lowest BCUT2D eigenvalue weighted by Crippen LogP contribution is -2.13. The molecule has 0 aliphatic carbocycles. The quantitative estimate of drug-likeness (QED) is 0.222. The van der Waals surface area contributed by atoms with Crippen molar-refractivity contribution in [1.82, 2.24) is 5.16 Å². The molecular weight excluding hydrogens is 474 g/mol. The van der Waals surface area contributed by atoms with Crippen molar-refractivity contribution in [2.75, 3.05) is 32.8 Å². The molecule has 1 amide bonds. The molecule has 0 fully saturated rings. The smallest absolute Gasteiger partial charge is 0.267 e. The minimum Gasteiger partial charge on any atom is -0.493 e. The number of hydrogen-bond donors (Lipinski definition) is 1. The number of carbonyl (C=O) groups is 1. The fourth-order valence-electron chi connectivity index (χ4n) is 3.04. The van der Waals surface area contributed by atoms with Gasteiger partial charge in [-0.25, -0.2) is 0 Å². The number of amides is 1. The third kappa shape index (κ3) is 6.91. The van der Waals surface area contributed by atoms with Gasteiger partial charge in [0.25, 0.3) is 5.91 Å². The van der Waals surface area contributed by atoms with Crippen molar-refractivity contribution in [3.63, 3.8) is 0 Å². The van der Waals surface area contributed by atoms with Crippen LogP contribution in [0, 0.1) is 18.3 Å². The zero-order valence-electron chi connectivity index (χ0n) is 19.5. The van der Waals surface area contributed by atoms with E-state index in [9.17, 15) is 10.1 Å². The number of ether oxygens (including phenoxy) is 4. The van der Waals surface area contributed by atoms with Crippen LogP contribution in [0.15, 0.2) is 52.6 Å². The highest BCUT2D eigenvalue weighted by molar-refractivity contribution is 6.32. The van der Waals surface area contributed by atoms with Crippen LogP contribution in [0.2, 0.25) is 5.02 Å². The van der Waals surface area contributed by atoms with Gasteiger partial charge >= 0.3 is 0 Å². The van der Waals surface area contributed by atoms with Gasteiger partial charge in [-0.05, 0) is 42.8 Å². The summed E-state index contributed by atoms with van der Waals surface area (Å²) >= 11 is 6.41. The maximum absolute atomic E-state index is 12.4. The molecule has 0 saturated carbocycles. The number of rotatable bonds is 11. The molecule has 0 radical (unpaired) electrons. The van der Waals surface area contributed by atoms with E-state index in [0.717, 1.165) is 0 Å².